The van der Waals surface area contributed by atoms with Crippen LogP contribution in [0.2, 0.25) is 12.1 Å². The maximum atomic E-state index is 5.72. The normalized spacial score (nSPS) is 15.0. The molecule has 0 unspecified atom stereocenters. The van der Waals surface area contributed by atoms with Gasteiger partial charge in [-0.15, -0.1) is 22.7 Å². The fourth-order valence-electron chi connectivity index (χ4n) is 3.30. The molecule has 0 spiro atoms. The van der Waals surface area contributed by atoms with E-state index in [2.05, 4.69) is 27.7 Å². The molecule has 23 heavy (non-hydrogen) atoms. The minimum atomic E-state index is -1.96. The zero-order valence-electron chi connectivity index (χ0n) is 14.3. The molecule has 0 N–H and O–H groups in total. The van der Waals surface area contributed by atoms with E-state index in [1.165, 1.54) is 20.4 Å². The number of nitrogens with zero attached hydrogens (tertiary/aromatic N) is 2. The van der Waals surface area contributed by atoms with E-state index < -0.39 is 8.07 Å². The second-order valence-electron chi connectivity index (χ2n) is 5.80. The van der Waals surface area contributed by atoms with Crippen LogP contribution in [0.1, 0.15) is 23.9 Å². The van der Waals surface area contributed by atoms with Crippen molar-refractivity contribution in [1.29, 1.82) is 0 Å². The van der Waals surface area contributed by atoms with Crippen molar-refractivity contribution in [3.05, 3.63) is 10.0 Å². The molecule has 7 heteroatoms. The molecule has 0 radical (unpaired) electrons. The fourth-order valence-corrected chi connectivity index (χ4v) is 11.2. The standard InChI is InChI=1S/C16H24N2O2S2Si/c1-5-19-7-9-23(10-8-20-6-2)15-13(21-11(3)17-15)14-16(23)18-12(4)22-14/h5-10H2,1-4H3. The molecule has 0 saturated carbocycles. The summed E-state index contributed by atoms with van der Waals surface area (Å²) < 4.78 is 11.4. The molecule has 0 saturated heterocycles. The Morgan fingerprint density at radius 2 is 1.26 bits per heavy atom. The highest BCUT2D eigenvalue weighted by Gasteiger charge is 2.50. The lowest BCUT2D eigenvalue weighted by molar-refractivity contribution is 0.156. The van der Waals surface area contributed by atoms with Crippen molar-refractivity contribution in [2.45, 2.75) is 39.8 Å². The zero-order valence-corrected chi connectivity index (χ0v) is 16.9. The predicted octanol–water partition coefficient (Wildman–Crippen LogP) is 2.83. The van der Waals surface area contributed by atoms with E-state index in [9.17, 15) is 0 Å². The maximum absolute atomic E-state index is 5.72. The first-order chi connectivity index (χ1) is 11.1. The van der Waals surface area contributed by atoms with Crippen LogP contribution in [0.3, 0.4) is 0 Å². The maximum Gasteiger partial charge on any atom is 0.172 e. The van der Waals surface area contributed by atoms with Gasteiger partial charge >= 0.3 is 0 Å². The van der Waals surface area contributed by atoms with Crippen LogP contribution in [0.15, 0.2) is 0 Å². The third-order valence-electron chi connectivity index (χ3n) is 4.34. The topological polar surface area (TPSA) is 44.2 Å². The summed E-state index contributed by atoms with van der Waals surface area (Å²) in [5.74, 6) is 0. The van der Waals surface area contributed by atoms with E-state index in [4.69, 9.17) is 19.4 Å². The van der Waals surface area contributed by atoms with Crippen molar-refractivity contribution >= 4 is 41.4 Å². The smallest absolute Gasteiger partial charge is 0.172 e. The number of hydrogen-bond donors (Lipinski definition) is 0. The summed E-state index contributed by atoms with van der Waals surface area (Å²) in [5, 5.41) is 5.01. The molecule has 126 valence electrons. The van der Waals surface area contributed by atoms with Crippen molar-refractivity contribution in [3.63, 3.8) is 0 Å². The molecule has 2 aromatic rings. The first-order valence-corrected chi connectivity index (χ1v) is 12.3. The monoisotopic (exact) mass is 368 g/mol. The van der Waals surface area contributed by atoms with Crippen LogP contribution >= 0.6 is 22.7 Å². The minimum absolute atomic E-state index is 0.766. The van der Waals surface area contributed by atoms with Crippen LogP contribution in [-0.4, -0.2) is 44.5 Å². The predicted molar refractivity (Wildman–Crippen MR) is 100 cm³/mol. The van der Waals surface area contributed by atoms with Crippen molar-refractivity contribution in [2.75, 3.05) is 26.4 Å². The largest absolute Gasteiger partial charge is 0.382 e. The van der Waals surface area contributed by atoms with Crippen LogP contribution in [0.5, 0.6) is 0 Å². The average Bonchev–Trinajstić information content (AvgIpc) is 3.14. The van der Waals surface area contributed by atoms with Gasteiger partial charge < -0.3 is 9.47 Å². The van der Waals surface area contributed by atoms with Crippen LogP contribution in [0, 0.1) is 13.8 Å². The molecule has 0 aromatic carbocycles. The van der Waals surface area contributed by atoms with E-state index in [0.29, 0.717) is 0 Å². The Bertz CT molecular complexity index is 625. The van der Waals surface area contributed by atoms with Gasteiger partial charge in [0.15, 0.2) is 8.07 Å². The Morgan fingerprint density at radius 1 is 0.826 bits per heavy atom. The molecule has 0 atom stereocenters. The highest BCUT2D eigenvalue weighted by atomic mass is 32.1. The summed E-state index contributed by atoms with van der Waals surface area (Å²) in [7, 11) is -1.96. The number of aryl methyl sites for hydroxylation is 2. The van der Waals surface area contributed by atoms with E-state index >= 15 is 0 Å². The van der Waals surface area contributed by atoms with Gasteiger partial charge in [-0.2, -0.15) is 0 Å². The average molecular weight is 369 g/mol. The van der Waals surface area contributed by atoms with E-state index in [1.807, 2.05) is 22.7 Å². The third-order valence-corrected chi connectivity index (χ3v) is 11.5. The van der Waals surface area contributed by atoms with E-state index in [-0.39, 0.29) is 0 Å². The Labute approximate surface area is 146 Å². The molecule has 1 aliphatic heterocycles. The van der Waals surface area contributed by atoms with Gasteiger partial charge in [-0.25, -0.2) is 0 Å². The zero-order chi connectivity index (χ0) is 16.4. The van der Waals surface area contributed by atoms with Gasteiger partial charge in [-0.3, -0.25) is 9.97 Å². The number of fused-ring (bicyclic) bond motifs is 3. The van der Waals surface area contributed by atoms with Gasteiger partial charge in [0, 0.05) is 26.4 Å². The van der Waals surface area contributed by atoms with Crippen LogP contribution in [-0.2, 0) is 9.47 Å². The molecule has 0 fully saturated rings. The third kappa shape index (κ3) is 3.05. The SMILES string of the molecule is CCOCC[Si]1(CCOCC)c2nc(C)sc2-c2sc(C)nc21. The molecule has 3 rings (SSSR count). The lowest BCUT2D eigenvalue weighted by Gasteiger charge is -2.26. The quantitative estimate of drug-likeness (QED) is 0.531. The van der Waals surface area contributed by atoms with Crippen molar-refractivity contribution < 1.29 is 9.47 Å². The van der Waals surface area contributed by atoms with Crippen molar-refractivity contribution in [3.8, 4) is 9.75 Å². The lowest BCUT2D eigenvalue weighted by Crippen LogP contribution is -2.58. The summed E-state index contributed by atoms with van der Waals surface area (Å²) in [5.41, 5.74) is 0. The van der Waals surface area contributed by atoms with Gasteiger partial charge in [0.25, 0.3) is 0 Å². The second kappa shape index (κ2) is 7.10. The van der Waals surface area contributed by atoms with Crippen LogP contribution < -0.4 is 10.6 Å². The first-order valence-electron chi connectivity index (χ1n) is 8.24. The first kappa shape index (κ1) is 17.2. The van der Waals surface area contributed by atoms with Crippen LogP contribution in [0.25, 0.3) is 9.75 Å². The molecular weight excluding hydrogens is 344 g/mol. The summed E-state index contributed by atoms with van der Waals surface area (Å²) >= 11 is 3.65. The van der Waals surface area contributed by atoms with Gasteiger partial charge in [0.1, 0.15) is 0 Å². The van der Waals surface area contributed by atoms with E-state index in [0.717, 1.165) is 48.5 Å². The Kier molecular flexibility index (Phi) is 5.32. The molecule has 1 aliphatic rings. The van der Waals surface area contributed by atoms with Gasteiger partial charge in [-0.1, -0.05) is 0 Å². The molecule has 0 bridgehead atoms. The lowest BCUT2D eigenvalue weighted by atomic mass is 10.5. The van der Waals surface area contributed by atoms with E-state index in [1.54, 1.807) is 0 Å². The van der Waals surface area contributed by atoms with Crippen molar-refractivity contribution in [1.82, 2.24) is 9.97 Å². The van der Waals surface area contributed by atoms with Gasteiger partial charge in [0.2, 0.25) is 0 Å². The summed E-state index contributed by atoms with van der Waals surface area (Å²) in [4.78, 5) is 12.7. The molecule has 4 nitrogen and oxygen atoms in total. The molecule has 3 heterocycles. The summed E-state index contributed by atoms with van der Waals surface area (Å²) in [6, 6.07) is 2.11. The Hall–Kier alpha value is -0.603. The molecule has 2 aromatic heterocycles. The summed E-state index contributed by atoms with van der Waals surface area (Å²) in [6.07, 6.45) is 0. The Balaban J connectivity index is 2.03. The number of ether oxygens (including phenoxy) is 2. The summed E-state index contributed by atoms with van der Waals surface area (Å²) in [6.45, 7) is 11.5. The van der Waals surface area contributed by atoms with Crippen LogP contribution in [0.4, 0.5) is 0 Å². The van der Waals surface area contributed by atoms with Crippen molar-refractivity contribution in [2.24, 2.45) is 0 Å². The van der Waals surface area contributed by atoms with Gasteiger partial charge in [-0.05, 0) is 39.8 Å². The second-order valence-corrected chi connectivity index (χ2v) is 12.3. The number of rotatable bonds is 8. The highest BCUT2D eigenvalue weighted by molar-refractivity contribution is 7.28. The number of hydrogen-bond acceptors (Lipinski definition) is 6. The molecular formula is C16H24N2O2S2Si. The molecule has 0 amide bonds. The Morgan fingerprint density at radius 3 is 1.65 bits per heavy atom. The number of aromatic nitrogens is 2. The van der Waals surface area contributed by atoms with Gasteiger partial charge in [0.05, 0.1) is 30.4 Å². The highest BCUT2D eigenvalue weighted by Crippen LogP contribution is 2.39. The molecule has 0 aliphatic carbocycles. The fraction of sp³-hybridized carbons (Fsp3) is 0.625. The number of thiazole rings is 2. The minimum Gasteiger partial charge on any atom is -0.382 e.